The second-order valence-corrected chi connectivity index (χ2v) is 8.71. The van der Waals surface area contributed by atoms with Gasteiger partial charge < -0.3 is 14.5 Å². The van der Waals surface area contributed by atoms with Crippen molar-refractivity contribution in [3.8, 4) is 0 Å². The van der Waals surface area contributed by atoms with E-state index in [-0.39, 0.29) is 17.0 Å². The number of carbonyl (C=O) groups is 1. The molecule has 0 saturated carbocycles. The zero-order chi connectivity index (χ0) is 24.4. The summed E-state index contributed by atoms with van der Waals surface area (Å²) in [5, 5.41) is 0.946. The fraction of sp³-hybridized carbons (Fsp3) is 0.455. The van der Waals surface area contributed by atoms with Crippen LogP contribution in [-0.4, -0.2) is 48.5 Å². The number of H-pyrrole nitrogens is 1. The van der Waals surface area contributed by atoms with E-state index < -0.39 is 16.2 Å². The summed E-state index contributed by atoms with van der Waals surface area (Å²) in [4.78, 5) is 15.7. The van der Waals surface area contributed by atoms with Crippen LogP contribution in [0.3, 0.4) is 0 Å². The van der Waals surface area contributed by atoms with Gasteiger partial charge in [0.2, 0.25) is 11.5 Å². The summed E-state index contributed by atoms with van der Waals surface area (Å²) in [6.07, 6.45) is 5.59. The van der Waals surface area contributed by atoms with Crippen molar-refractivity contribution in [1.82, 2.24) is 4.98 Å². The molecule has 0 fully saturated rings. The number of nitrogens with zero attached hydrogens (tertiary/aromatic N) is 1. The third-order valence-electron chi connectivity index (χ3n) is 6.22. The lowest BCUT2D eigenvalue weighted by Crippen LogP contribution is -2.68. The number of carbonyl (C=O) groups excluding carboxylic acids is 1. The number of halogens is 2. The minimum atomic E-state index is -4.94. The number of rotatable bonds is 4. The predicted molar refractivity (Wildman–Crippen MR) is 105 cm³/mol. The van der Waals surface area contributed by atoms with Gasteiger partial charge in [-0.1, -0.05) is 6.92 Å². The number of aromatic nitrogens is 1. The van der Waals surface area contributed by atoms with Crippen LogP contribution in [0.5, 0.6) is 0 Å². The molecule has 0 aliphatic carbocycles. The van der Waals surface area contributed by atoms with E-state index in [1.165, 1.54) is 26.0 Å². The van der Waals surface area contributed by atoms with Crippen molar-refractivity contribution in [3.63, 3.8) is 0 Å². The topological polar surface area (TPSA) is 147 Å². The fourth-order valence-electron chi connectivity index (χ4n) is 4.83. The number of benzene rings is 1. The SMILES string of the molecule is CC[C@@]1(/C=C(\OC)C(=O)OC)CCC[N+]2=C1c1[nH]c3ccc(F)cc3c1CC2.[O-][Cl+3]([O-])([O-])[O-]. The summed E-state index contributed by atoms with van der Waals surface area (Å²) in [6.45, 7) is 4.00. The Kier molecular flexibility index (Phi) is 7.45. The lowest BCUT2D eigenvalue weighted by Gasteiger charge is -2.35. The van der Waals surface area contributed by atoms with E-state index in [2.05, 4.69) is 16.5 Å². The van der Waals surface area contributed by atoms with Crippen molar-refractivity contribution in [1.29, 1.82) is 0 Å². The molecule has 0 unspecified atom stereocenters. The van der Waals surface area contributed by atoms with E-state index in [1.54, 1.807) is 12.1 Å². The Hall–Kier alpha value is -2.50. The van der Waals surface area contributed by atoms with Crippen LogP contribution >= 0.6 is 0 Å². The average Bonchev–Trinajstić information content (AvgIpc) is 3.13. The number of aromatic amines is 1. The van der Waals surface area contributed by atoms with Crippen LogP contribution < -0.4 is 18.6 Å². The molecular formula is C22H26ClFN2O7. The van der Waals surface area contributed by atoms with Crippen LogP contribution in [0.15, 0.2) is 30.0 Å². The Balaban J connectivity index is 0.000000555. The number of esters is 1. The average molecular weight is 485 g/mol. The first-order valence-electron chi connectivity index (χ1n) is 10.4. The molecule has 1 aromatic heterocycles. The van der Waals surface area contributed by atoms with Gasteiger partial charge in [0.1, 0.15) is 24.6 Å². The van der Waals surface area contributed by atoms with Crippen molar-refractivity contribution in [2.45, 2.75) is 32.6 Å². The number of methoxy groups -OCH3 is 2. The van der Waals surface area contributed by atoms with Crippen molar-refractivity contribution in [3.05, 3.63) is 47.1 Å². The molecular weight excluding hydrogens is 459 g/mol. The molecule has 1 aromatic carbocycles. The van der Waals surface area contributed by atoms with E-state index in [9.17, 15) is 9.18 Å². The zero-order valence-electron chi connectivity index (χ0n) is 18.6. The van der Waals surface area contributed by atoms with Crippen molar-refractivity contribution in [2.75, 3.05) is 27.3 Å². The van der Waals surface area contributed by atoms with Crippen LogP contribution in [0.1, 0.15) is 37.4 Å². The van der Waals surface area contributed by atoms with Gasteiger partial charge in [-0.2, -0.15) is 0 Å². The van der Waals surface area contributed by atoms with Gasteiger partial charge in [-0.3, -0.25) is 0 Å². The minimum Gasteiger partial charge on any atom is -0.490 e. The zero-order valence-corrected chi connectivity index (χ0v) is 19.4. The summed E-state index contributed by atoms with van der Waals surface area (Å²) in [5.74, 6) is -0.463. The van der Waals surface area contributed by atoms with Gasteiger partial charge in [0.25, 0.3) is 0 Å². The first kappa shape index (κ1) is 25.1. The van der Waals surface area contributed by atoms with E-state index in [0.717, 1.165) is 60.9 Å². The Morgan fingerprint density at radius 3 is 2.55 bits per heavy atom. The molecule has 9 nitrogen and oxygen atoms in total. The van der Waals surface area contributed by atoms with E-state index >= 15 is 0 Å². The maximum atomic E-state index is 13.9. The summed E-state index contributed by atoms with van der Waals surface area (Å²) in [5.41, 5.74) is 4.00. The predicted octanol–water partition coefficient (Wildman–Crippen LogP) is -1.20. The summed E-state index contributed by atoms with van der Waals surface area (Å²) < 4.78 is 60.5. The number of allylic oxidation sites excluding steroid dienone is 1. The molecule has 2 aliphatic rings. The first-order valence-corrected chi connectivity index (χ1v) is 11.7. The molecule has 11 heteroatoms. The van der Waals surface area contributed by atoms with E-state index in [1.807, 2.05) is 6.08 Å². The summed E-state index contributed by atoms with van der Waals surface area (Å²) in [7, 11) is -2.09. The van der Waals surface area contributed by atoms with Gasteiger partial charge in [-0.05, 0) is 42.7 Å². The minimum absolute atomic E-state index is 0.223. The fourth-order valence-corrected chi connectivity index (χ4v) is 4.83. The van der Waals surface area contributed by atoms with Gasteiger partial charge in [-0.25, -0.2) is 32.4 Å². The standard InChI is InChI=1S/C22H25FN2O3.ClHO4/c1-4-22(13-18(27-2)21(26)28-3)9-5-10-25-11-8-15-16-12-14(23)6-7-17(16)24-19(15)20(22)25;2-1(3,4)5/h6-7,12-13H,4-5,8-11H2,1-3H3;(H,2,3,4,5)/b18-13-;/t22-;/m0./s1. The van der Waals surface area contributed by atoms with E-state index in [0.29, 0.717) is 0 Å². The summed E-state index contributed by atoms with van der Waals surface area (Å²) >= 11 is 0. The molecule has 1 atom stereocenters. The highest BCUT2D eigenvalue weighted by Crippen LogP contribution is 2.42. The highest BCUT2D eigenvalue weighted by atomic mass is 35.7. The van der Waals surface area contributed by atoms with Crippen LogP contribution in [0.4, 0.5) is 4.39 Å². The molecule has 2 aromatic rings. The molecule has 33 heavy (non-hydrogen) atoms. The number of fused-ring (bicyclic) bond motifs is 4. The summed E-state index contributed by atoms with van der Waals surface area (Å²) in [6, 6.07) is 4.90. The molecule has 0 bridgehead atoms. The number of hydrogen-bond acceptors (Lipinski definition) is 7. The van der Waals surface area contributed by atoms with Crippen molar-refractivity contribution < 1.29 is 52.1 Å². The van der Waals surface area contributed by atoms with Gasteiger partial charge in [0.15, 0.2) is 0 Å². The second kappa shape index (κ2) is 9.78. The molecule has 4 rings (SSSR count). The monoisotopic (exact) mass is 484 g/mol. The number of nitrogens with one attached hydrogen (secondary N) is 1. The Morgan fingerprint density at radius 1 is 1.24 bits per heavy atom. The lowest BCUT2D eigenvalue weighted by atomic mass is 9.71. The van der Waals surface area contributed by atoms with Gasteiger partial charge in [0.05, 0.1) is 19.6 Å². The molecule has 2 aliphatic heterocycles. The van der Waals surface area contributed by atoms with Crippen LogP contribution in [0, 0.1) is 21.5 Å². The molecule has 0 spiro atoms. The molecule has 1 N–H and O–H groups in total. The maximum absolute atomic E-state index is 13.9. The number of ether oxygens (including phenoxy) is 2. The van der Waals surface area contributed by atoms with Crippen molar-refractivity contribution in [2.24, 2.45) is 5.41 Å². The van der Waals surface area contributed by atoms with Gasteiger partial charge >= 0.3 is 5.97 Å². The molecule has 0 amide bonds. The Morgan fingerprint density at radius 2 is 1.94 bits per heavy atom. The van der Waals surface area contributed by atoms with E-state index in [4.69, 9.17) is 28.1 Å². The lowest BCUT2D eigenvalue weighted by molar-refractivity contribution is -2.00. The Bertz CT molecular complexity index is 1100. The number of hydrogen-bond donors (Lipinski definition) is 1. The Labute approximate surface area is 192 Å². The smallest absolute Gasteiger partial charge is 0.372 e. The van der Waals surface area contributed by atoms with Gasteiger partial charge in [0, 0.05) is 23.7 Å². The quantitative estimate of drug-likeness (QED) is 0.248. The highest BCUT2D eigenvalue weighted by Gasteiger charge is 2.47. The third kappa shape index (κ3) is 5.36. The second-order valence-electron chi connectivity index (χ2n) is 7.95. The van der Waals surface area contributed by atoms with Crippen molar-refractivity contribution >= 4 is 22.6 Å². The van der Waals surface area contributed by atoms with Crippen LogP contribution in [0.2, 0.25) is 0 Å². The van der Waals surface area contributed by atoms with Gasteiger partial charge in [-0.15, -0.1) is 10.2 Å². The molecule has 3 heterocycles. The highest BCUT2D eigenvalue weighted by molar-refractivity contribution is 6.08. The maximum Gasteiger partial charge on any atom is 0.372 e. The first-order chi connectivity index (χ1) is 15.5. The third-order valence-corrected chi connectivity index (χ3v) is 6.22. The van der Waals surface area contributed by atoms with Crippen LogP contribution in [-0.2, 0) is 20.7 Å². The molecule has 0 radical (unpaired) electrons. The van der Waals surface area contributed by atoms with Crippen LogP contribution in [0.25, 0.3) is 10.9 Å². The molecule has 180 valence electrons. The largest absolute Gasteiger partial charge is 0.490 e. The molecule has 0 saturated heterocycles. The normalized spacial score (nSPS) is 20.5.